The largest absolute Gasteiger partial charge is 0.345 e. The number of hydrogen-bond donors (Lipinski definition) is 1. The second-order valence-electron chi connectivity index (χ2n) is 6.78. The summed E-state index contributed by atoms with van der Waals surface area (Å²) in [6.45, 7) is 4.11. The molecule has 1 saturated carbocycles. The number of nitrogens with one attached hydrogen (secondary N) is 1. The van der Waals surface area contributed by atoms with Crippen LogP contribution in [0.2, 0.25) is 0 Å². The molecule has 1 aromatic heterocycles. The van der Waals surface area contributed by atoms with Crippen molar-refractivity contribution in [1.82, 2.24) is 25.0 Å². The van der Waals surface area contributed by atoms with Crippen molar-refractivity contribution in [1.29, 1.82) is 0 Å². The summed E-state index contributed by atoms with van der Waals surface area (Å²) in [5.74, 6) is 0.991. The molecule has 2 fully saturated rings. The number of aromatic nitrogens is 3. The van der Waals surface area contributed by atoms with E-state index in [1.165, 1.54) is 19.3 Å². The van der Waals surface area contributed by atoms with Crippen LogP contribution in [0.1, 0.15) is 63.7 Å². The minimum absolute atomic E-state index is 0.110. The fraction of sp³-hybridized carbons (Fsp3) is 0.812. The molecule has 1 atom stereocenters. The van der Waals surface area contributed by atoms with Crippen molar-refractivity contribution in [2.24, 2.45) is 7.05 Å². The maximum absolute atomic E-state index is 13.1. The Kier molecular flexibility index (Phi) is 4.47. The lowest BCUT2D eigenvalue weighted by Gasteiger charge is -2.43. The Balaban J connectivity index is 1.76. The van der Waals surface area contributed by atoms with Gasteiger partial charge < -0.3 is 9.88 Å². The quantitative estimate of drug-likeness (QED) is 0.921. The van der Waals surface area contributed by atoms with Gasteiger partial charge in [-0.3, -0.25) is 9.69 Å². The van der Waals surface area contributed by atoms with E-state index in [4.69, 9.17) is 0 Å². The SMILES string of the molecule is C[C@@H](NC(=O)C1(N2CCCC2)CCCCC1)c1nncn1C. The van der Waals surface area contributed by atoms with Crippen LogP contribution in [0.4, 0.5) is 0 Å². The molecule has 1 N–H and O–H groups in total. The summed E-state index contributed by atoms with van der Waals surface area (Å²) in [5, 5.41) is 11.2. The Morgan fingerprint density at radius 1 is 1.23 bits per heavy atom. The molecule has 0 radical (unpaired) electrons. The Hall–Kier alpha value is -1.43. The summed E-state index contributed by atoms with van der Waals surface area (Å²) in [5.41, 5.74) is -0.290. The van der Waals surface area contributed by atoms with Crippen molar-refractivity contribution in [3.8, 4) is 0 Å². The third-order valence-electron chi connectivity index (χ3n) is 5.30. The average Bonchev–Trinajstić information content (AvgIpc) is 3.19. The first kappa shape index (κ1) is 15.5. The topological polar surface area (TPSA) is 63.1 Å². The molecule has 6 nitrogen and oxygen atoms in total. The molecule has 0 unspecified atom stereocenters. The van der Waals surface area contributed by atoms with Gasteiger partial charge in [0.05, 0.1) is 6.04 Å². The molecular formula is C16H27N5O. The van der Waals surface area contributed by atoms with Gasteiger partial charge in [-0.05, 0) is 45.7 Å². The molecule has 6 heteroatoms. The highest BCUT2D eigenvalue weighted by atomic mass is 16.2. The lowest BCUT2D eigenvalue weighted by Crippen LogP contribution is -2.59. The average molecular weight is 305 g/mol. The highest BCUT2D eigenvalue weighted by Crippen LogP contribution is 2.36. The summed E-state index contributed by atoms with van der Waals surface area (Å²) in [6.07, 6.45) is 9.65. The van der Waals surface area contributed by atoms with Gasteiger partial charge in [-0.15, -0.1) is 10.2 Å². The molecular weight excluding hydrogens is 278 g/mol. The zero-order valence-corrected chi connectivity index (χ0v) is 13.7. The summed E-state index contributed by atoms with van der Waals surface area (Å²) in [7, 11) is 1.91. The third-order valence-corrected chi connectivity index (χ3v) is 5.30. The number of carbonyl (C=O) groups is 1. The number of carbonyl (C=O) groups excluding carboxylic acids is 1. The molecule has 0 bridgehead atoms. The van der Waals surface area contributed by atoms with Crippen LogP contribution >= 0.6 is 0 Å². The van der Waals surface area contributed by atoms with Crippen molar-refractivity contribution >= 4 is 5.91 Å². The Morgan fingerprint density at radius 3 is 2.50 bits per heavy atom. The second-order valence-corrected chi connectivity index (χ2v) is 6.78. The Morgan fingerprint density at radius 2 is 1.91 bits per heavy atom. The van der Waals surface area contributed by atoms with Crippen molar-refractivity contribution in [3.05, 3.63) is 12.2 Å². The Labute approximate surface area is 132 Å². The zero-order chi connectivity index (χ0) is 15.6. The van der Waals surface area contributed by atoms with Gasteiger partial charge in [0, 0.05) is 7.05 Å². The molecule has 122 valence electrons. The molecule has 2 heterocycles. The summed E-state index contributed by atoms with van der Waals surface area (Å²) in [6, 6.07) is -0.110. The number of likely N-dealkylation sites (tertiary alicyclic amines) is 1. The second kappa shape index (κ2) is 6.36. The van der Waals surface area contributed by atoms with Crippen molar-refractivity contribution in [2.45, 2.75) is 63.5 Å². The van der Waals surface area contributed by atoms with Crippen LogP contribution in [-0.2, 0) is 11.8 Å². The van der Waals surface area contributed by atoms with Crippen LogP contribution in [-0.4, -0.2) is 44.2 Å². The highest BCUT2D eigenvalue weighted by Gasteiger charge is 2.45. The van der Waals surface area contributed by atoms with Crippen LogP contribution in [0.5, 0.6) is 0 Å². The first-order chi connectivity index (χ1) is 10.6. The van der Waals surface area contributed by atoms with Crippen LogP contribution in [0.25, 0.3) is 0 Å². The van der Waals surface area contributed by atoms with E-state index in [0.717, 1.165) is 44.6 Å². The van der Waals surface area contributed by atoms with Crippen molar-refractivity contribution in [2.75, 3.05) is 13.1 Å². The molecule has 1 amide bonds. The van der Waals surface area contributed by atoms with Crippen LogP contribution < -0.4 is 5.32 Å². The van der Waals surface area contributed by atoms with Gasteiger partial charge in [0.2, 0.25) is 5.91 Å². The van der Waals surface area contributed by atoms with E-state index in [-0.39, 0.29) is 17.5 Å². The number of nitrogens with zero attached hydrogens (tertiary/aromatic N) is 4. The van der Waals surface area contributed by atoms with Gasteiger partial charge in [0.1, 0.15) is 11.9 Å². The number of hydrogen-bond acceptors (Lipinski definition) is 4. The monoisotopic (exact) mass is 305 g/mol. The van der Waals surface area contributed by atoms with Gasteiger partial charge >= 0.3 is 0 Å². The lowest BCUT2D eigenvalue weighted by molar-refractivity contribution is -0.136. The molecule has 2 aliphatic rings. The predicted molar refractivity (Wildman–Crippen MR) is 84.2 cm³/mol. The maximum atomic E-state index is 13.1. The molecule has 1 aliphatic heterocycles. The van der Waals surface area contributed by atoms with Crippen LogP contribution in [0, 0.1) is 0 Å². The first-order valence-electron chi connectivity index (χ1n) is 8.53. The van der Waals surface area contributed by atoms with Crippen molar-refractivity contribution in [3.63, 3.8) is 0 Å². The van der Waals surface area contributed by atoms with Gasteiger partial charge in [-0.2, -0.15) is 0 Å². The summed E-state index contributed by atoms with van der Waals surface area (Å²) >= 11 is 0. The van der Waals surface area contributed by atoms with Gasteiger partial charge in [0.15, 0.2) is 5.82 Å². The summed E-state index contributed by atoms with van der Waals surface area (Å²) in [4.78, 5) is 15.5. The van der Waals surface area contributed by atoms with Gasteiger partial charge in [-0.25, -0.2) is 0 Å². The van der Waals surface area contributed by atoms with Crippen molar-refractivity contribution < 1.29 is 4.79 Å². The number of amides is 1. The van der Waals surface area contributed by atoms with E-state index in [1.54, 1.807) is 6.33 Å². The van der Waals surface area contributed by atoms with E-state index < -0.39 is 0 Å². The number of aryl methyl sites for hydroxylation is 1. The fourth-order valence-electron chi connectivity index (χ4n) is 4.05. The first-order valence-corrected chi connectivity index (χ1v) is 8.53. The minimum Gasteiger partial charge on any atom is -0.345 e. The molecule has 3 rings (SSSR count). The minimum atomic E-state index is -0.290. The molecule has 1 aromatic rings. The van der Waals surface area contributed by atoms with Crippen LogP contribution in [0.3, 0.4) is 0 Å². The summed E-state index contributed by atoms with van der Waals surface area (Å²) < 4.78 is 1.87. The standard InChI is InChI=1S/C16H27N5O/c1-13(14-19-17-12-20(14)2)18-15(22)16(8-4-3-5-9-16)21-10-6-7-11-21/h12-13H,3-11H2,1-2H3,(H,18,22)/t13-/m1/s1. The Bertz CT molecular complexity index is 514. The van der Waals surface area contributed by atoms with E-state index in [9.17, 15) is 4.79 Å². The lowest BCUT2D eigenvalue weighted by atomic mass is 9.79. The maximum Gasteiger partial charge on any atom is 0.241 e. The normalized spacial score (nSPS) is 23.4. The molecule has 0 aromatic carbocycles. The smallest absolute Gasteiger partial charge is 0.241 e. The zero-order valence-electron chi connectivity index (χ0n) is 13.7. The van der Waals surface area contributed by atoms with E-state index >= 15 is 0 Å². The molecule has 22 heavy (non-hydrogen) atoms. The molecule has 1 saturated heterocycles. The third kappa shape index (κ3) is 2.76. The fourth-order valence-corrected chi connectivity index (χ4v) is 4.05. The molecule has 1 aliphatic carbocycles. The highest BCUT2D eigenvalue weighted by molar-refractivity contribution is 5.86. The van der Waals surface area contributed by atoms with Gasteiger partial charge in [-0.1, -0.05) is 19.3 Å². The molecule has 0 spiro atoms. The van der Waals surface area contributed by atoms with E-state index in [1.807, 2.05) is 18.5 Å². The van der Waals surface area contributed by atoms with E-state index in [2.05, 4.69) is 20.4 Å². The van der Waals surface area contributed by atoms with E-state index in [0.29, 0.717) is 0 Å². The number of rotatable bonds is 4. The predicted octanol–water partition coefficient (Wildman–Crippen LogP) is 1.79. The van der Waals surface area contributed by atoms with Crippen LogP contribution in [0.15, 0.2) is 6.33 Å². The van der Waals surface area contributed by atoms with Gasteiger partial charge in [0.25, 0.3) is 0 Å².